The second kappa shape index (κ2) is 8.30. The van der Waals surface area contributed by atoms with Crippen LogP contribution in [0.15, 0.2) is 33.9 Å². The van der Waals surface area contributed by atoms with Crippen molar-refractivity contribution < 1.29 is 14.6 Å². The quantitative estimate of drug-likeness (QED) is 0.595. The third-order valence-corrected chi connectivity index (χ3v) is 4.33. The van der Waals surface area contributed by atoms with Crippen LogP contribution in [0.1, 0.15) is 18.9 Å². The van der Waals surface area contributed by atoms with Gasteiger partial charge in [0, 0.05) is 7.05 Å². The van der Waals surface area contributed by atoms with Gasteiger partial charge in [0.05, 0.1) is 13.2 Å². The van der Waals surface area contributed by atoms with Crippen molar-refractivity contribution in [2.24, 2.45) is 7.05 Å². The van der Waals surface area contributed by atoms with Gasteiger partial charge in [-0.2, -0.15) is 4.98 Å². The summed E-state index contributed by atoms with van der Waals surface area (Å²) >= 11 is 0. The van der Waals surface area contributed by atoms with E-state index in [0.717, 1.165) is 12.0 Å². The van der Waals surface area contributed by atoms with Gasteiger partial charge in [-0.1, -0.05) is 25.1 Å². The number of nitrogens with one attached hydrogen (secondary N) is 1. The fourth-order valence-electron chi connectivity index (χ4n) is 2.86. The molecule has 0 saturated carbocycles. The first-order valence-corrected chi connectivity index (χ1v) is 9.11. The molecule has 0 bridgehead atoms. The largest absolute Gasteiger partial charge is 0.491 e. The smallest absolute Gasteiger partial charge is 0.329 e. The summed E-state index contributed by atoms with van der Waals surface area (Å²) in [6.07, 6.45) is -0.171. The van der Waals surface area contributed by atoms with Crippen LogP contribution in [-0.2, 0) is 13.6 Å². The van der Waals surface area contributed by atoms with E-state index in [1.807, 2.05) is 38.1 Å². The van der Waals surface area contributed by atoms with Crippen LogP contribution in [0.4, 0.5) is 0 Å². The number of aliphatic hydroxyl groups is 1. The lowest BCUT2D eigenvalue weighted by molar-refractivity contribution is 0.0899. The number of hydrogen-bond donors (Lipinski definition) is 2. The van der Waals surface area contributed by atoms with Gasteiger partial charge in [0.1, 0.15) is 18.5 Å². The van der Waals surface area contributed by atoms with Crippen molar-refractivity contribution in [3.05, 3.63) is 50.7 Å². The van der Waals surface area contributed by atoms with E-state index >= 15 is 0 Å². The molecule has 150 valence electrons. The number of hydrogen-bond acceptors (Lipinski definition) is 6. The van der Waals surface area contributed by atoms with Gasteiger partial charge in [0.15, 0.2) is 11.2 Å². The van der Waals surface area contributed by atoms with Gasteiger partial charge in [-0.3, -0.25) is 18.9 Å². The molecule has 1 atom stereocenters. The lowest BCUT2D eigenvalue weighted by Crippen LogP contribution is -2.30. The van der Waals surface area contributed by atoms with E-state index in [9.17, 15) is 14.7 Å². The second-order valence-corrected chi connectivity index (χ2v) is 6.57. The molecule has 1 aromatic carbocycles. The van der Waals surface area contributed by atoms with Crippen LogP contribution >= 0.6 is 0 Å². The molecular formula is C19H24N4O5. The van der Waals surface area contributed by atoms with Crippen LogP contribution in [-0.4, -0.2) is 43.5 Å². The standard InChI is InChI=1S/C19H24N4O5/c1-4-9-27-19-20-16-15(17(25)21-18(26)22(16)3)23(19)10-13(24)11-28-14-8-6-5-7-12(14)2/h5-8,13,24H,4,9-11H2,1-3H3,(H,21,25,26). The molecule has 3 rings (SSSR count). The molecular weight excluding hydrogens is 364 g/mol. The maximum Gasteiger partial charge on any atom is 0.329 e. The Labute approximate surface area is 161 Å². The van der Waals surface area contributed by atoms with E-state index in [0.29, 0.717) is 12.4 Å². The summed E-state index contributed by atoms with van der Waals surface area (Å²) in [5.41, 5.74) is 0.188. The zero-order valence-electron chi connectivity index (χ0n) is 16.1. The van der Waals surface area contributed by atoms with Gasteiger partial charge >= 0.3 is 5.69 Å². The van der Waals surface area contributed by atoms with Crippen LogP contribution in [0.25, 0.3) is 11.2 Å². The van der Waals surface area contributed by atoms with E-state index in [-0.39, 0.29) is 30.3 Å². The number of nitrogens with zero attached hydrogens (tertiary/aromatic N) is 3. The Morgan fingerprint density at radius 3 is 2.71 bits per heavy atom. The average molecular weight is 388 g/mol. The molecule has 0 radical (unpaired) electrons. The zero-order chi connectivity index (χ0) is 20.3. The summed E-state index contributed by atoms with van der Waals surface area (Å²) in [6, 6.07) is 7.68. The highest BCUT2D eigenvalue weighted by Crippen LogP contribution is 2.20. The van der Waals surface area contributed by atoms with E-state index < -0.39 is 17.4 Å². The van der Waals surface area contributed by atoms with Crippen molar-refractivity contribution in [1.29, 1.82) is 0 Å². The highest BCUT2D eigenvalue weighted by molar-refractivity contribution is 5.71. The van der Waals surface area contributed by atoms with Crippen molar-refractivity contribution in [2.45, 2.75) is 32.9 Å². The predicted molar refractivity (Wildman–Crippen MR) is 104 cm³/mol. The molecule has 0 aliphatic rings. The van der Waals surface area contributed by atoms with Crippen molar-refractivity contribution in [2.75, 3.05) is 13.2 Å². The zero-order valence-corrected chi connectivity index (χ0v) is 16.1. The van der Waals surface area contributed by atoms with Crippen molar-refractivity contribution >= 4 is 11.2 Å². The molecule has 0 aliphatic heterocycles. The monoisotopic (exact) mass is 388 g/mol. The Morgan fingerprint density at radius 2 is 2.00 bits per heavy atom. The highest BCUT2D eigenvalue weighted by atomic mass is 16.5. The third-order valence-electron chi connectivity index (χ3n) is 4.33. The van der Waals surface area contributed by atoms with Gasteiger partial charge in [-0.15, -0.1) is 0 Å². The van der Waals surface area contributed by atoms with Gasteiger partial charge in [-0.25, -0.2) is 4.79 Å². The SMILES string of the molecule is CCCOc1nc2c(c(=O)[nH]c(=O)n2C)n1CC(O)COc1ccccc1C. The molecule has 0 aliphatic carbocycles. The number of ether oxygens (including phenoxy) is 2. The first-order valence-electron chi connectivity index (χ1n) is 9.11. The third kappa shape index (κ3) is 3.94. The number of aromatic nitrogens is 4. The van der Waals surface area contributed by atoms with Crippen LogP contribution < -0.4 is 20.7 Å². The first-order chi connectivity index (χ1) is 13.4. The van der Waals surface area contributed by atoms with Crippen LogP contribution in [0.2, 0.25) is 0 Å². The number of H-pyrrole nitrogens is 1. The Balaban J connectivity index is 1.90. The number of imidazole rings is 1. The number of fused-ring (bicyclic) bond motifs is 1. The second-order valence-electron chi connectivity index (χ2n) is 6.57. The Kier molecular flexibility index (Phi) is 5.84. The number of benzene rings is 1. The van der Waals surface area contributed by atoms with Crippen molar-refractivity contribution in [3.8, 4) is 11.8 Å². The van der Waals surface area contributed by atoms with E-state index in [2.05, 4.69) is 9.97 Å². The summed E-state index contributed by atoms with van der Waals surface area (Å²) < 4.78 is 14.0. The van der Waals surface area contributed by atoms with Crippen molar-refractivity contribution in [1.82, 2.24) is 19.1 Å². The molecule has 0 spiro atoms. The number of aromatic amines is 1. The Morgan fingerprint density at radius 1 is 1.25 bits per heavy atom. The molecule has 1 unspecified atom stereocenters. The summed E-state index contributed by atoms with van der Waals surface area (Å²) in [5, 5.41) is 10.5. The minimum Gasteiger partial charge on any atom is -0.491 e. The van der Waals surface area contributed by atoms with E-state index in [1.54, 1.807) is 0 Å². The van der Waals surface area contributed by atoms with Crippen molar-refractivity contribution in [3.63, 3.8) is 0 Å². The minimum absolute atomic E-state index is 0.0292. The molecule has 9 heteroatoms. The fourth-order valence-corrected chi connectivity index (χ4v) is 2.86. The Hall–Kier alpha value is -3.07. The van der Waals surface area contributed by atoms with Gasteiger partial charge in [0.25, 0.3) is 11.6 Å². The van der Waals surface area contributed by atoms with Crippen LogP contribution in [0.5, 0.6) is 11.8 Å². The highest BCUT2D eigenvalue weighted by Gasteiger charge is 2.21. The number of rotatable bonds is 8. The molecule has 9 nitrogen and oxygen atoms in total. The summed E-state index contributed by atoms with van der Waals surface area (Å²) in [7, 11) is 1.51. The number of aliphatic hydroxyl groups excluding tert-OH is 1. The van der Waals surface area contributed by atoms with Gasteiger partial charge in [0.2, 0.25) is 0 Å². The average Bonchev–Trinajstić information content (AvgIpc) is 3.02. The lowest BCUT2D eigenvalue weighted by atomic mass is 10.2. The molecule has 2 N–H and O–H groups in total. The normalized spacial score (nSPS) is 12.3. The maximum absolute atomic E-state index is 12.4. The molecule has 0 fully saturated rings. The topological polar surface area (TPSA) is 111 Å². The van der Waals surface area contributed by atoms with E-state index in [4.69, 9.17) is 9.47 Å². The van der Waals surface area contributed by atoms with Gasteiger partial charge < -0.3 is 14.6 Å². The number of aryl methyl sites for hydroxylation is 2. The Bertz CT molecular complexity index is 1080. The fraction of sp³-hybridized carbons (Fsp3) is 0.421. The summed E-state index contributed by atoms with van der Waals surface area (Å²) in [5.74, 6) is 0.680. The van der Waals surface area contributed by atoms with Crippen LogP contribution in [0.3, 0.4) is 0 Å². The van der Waals surface area contributed by atoms with Crippen LogP contribution in [0, 0.1) is 6.92 Å². The molecule has 28 heavy (non-hydrogen) atoms. The molecule has 2 heterocycles. The molecule has 0 saturated heterocycles. The molecule has 2 aromatic heterocycles. The summed E-state index contributed by atoms with van der Waals surface area (Å²) in [6.45, 7) is 4.32. The minimum atomic E-state index is -0.919. The lowest BCUT2D eigenvalue weighted by Gasteiger charge is -2.16. The number of para-hydroxylation sites is 1. The van der Waals surface area contributed by atoms with Gasteiger partial charge in [-0.05, 0) is 25.0 Å². The summed E-state index contributed by atoms with van der Waals surface area (Å²) in [4.78, 5) is 30.8. The maximum atomic E-state index is 12.4. The molecule has 3 aromatic rings. The predicted octanol–water partition coefficient (Wildman–Crippen LogP) is 0.960. The molecule has 0 amide bonds. The van der Waals surface area contributed by atoms with E-state index in [1.165, 1.54) is 16.2 Å². The first kappa shape index (κ1) is 19.7.